The van der Waals surface area contributed by atoms with Crippen LogP contribution in [0, 0.1) is 11.6 Å². The minimum Gasteiger partial charge on any atom is -0.478 e. The molecule has 2 atom stereocenters. The topological polar surface area (TPSA) is 89.7 Å². The van der Waals surface area contributed by atoms with Gasteiger partial charge >= 0.3 is 12.1 Å². The summed E-state index contributed by atoms with van der Waals surface area (Å²) < 4.78 is 83.2. The van der Waals surface area contributed by atoms with Crippen molar-refractivity contribution in [2.75, 3.05) is 13.2 Å². The number of pyridine rings is 1. The van der Waals surface area contributed by atoms with Crippen molar-refractivity contribution >= 4 is 28.6 Å². The number of imidazole rings is 1. The number of nitrogens with zero attached hydrogens (tertiary/aromatic N) is 4. The molecular weight excluding hydrogens is 611 g/mol. The van der Waals surface area contributed by atoms with Crippen molar-refractivity contribution < 1.29 is 41.3 Å². The van der Waals surface area contributed by atoms with Crippen LogP contribution in [-0.4, -0.2) is 49.8 Å². The minimum absolute atomic E-state index is 0.0414. The molecule has 2 aromatic carbocycles. The second-order valence-corrected chi connectivity index (χ2v) is 11.3. The van der Waals surface area contributed by atoms with Gasteiger partial charge in [-0.2, -0.15) is 13.2 Å². The summed E-state index contributed by atoms with van der Waals surface area (Å²) in [6.07, 6.45) is -3.72. The lowest BCUT2D eigenvalue weighted by Crippen LogP contribution is -2.36. The Morgan fingerprint density at radius 2 is 1.93 bits per heavy atom. The number of carboxylic acids is 1. The molecule has 2 aliphatic rings. The number of hydrogen-bond donors (Lipinski definition) is 1. The van der Waals surface area contributed by atoms with Gasteiger partial charge in [0.2, 0.25) is 5.88 Å². The minimum atomic E-state index is -4.80. The number of aromatic carboxylic acids is 1. The molecule has 0 aliphatic carbocycles. The Balaban J connectivity index is 1.31. The molecule has 8 nitrogen and oxygen atoms in total. The number of halogens is 6. The van der Waals surface area contributed by atoms with Crippen molar-refractivity contribution in [2.45, 2.75) is 57.8 Å². The third-order valence-electron chi connectivity index (χ3n) is 8.07. The Bertz CT molecular complexity index is 1760. The van der Waals surface area contributed by atoms with Gasteiger partial charge in [0, 0.05) is 18.7 Å². The molecule has 0 radical (unpaired) electrons. The third kappa shape index (κ3) is 5.83. The Kier molecular flexibility index (Phi) is 7.97. The fourth-order valence-electron chi connectivity index (χ4n) is 5.54. The monoisotopic (exact) mass is 636 g/mol. The molecule has 4 heterocycles. The van der Waals surface area contributed by atoms with Crippen LogP contribution in [0.1, 0.15) is 58.0 Å². The quantitative estimate of drug-likeness (QED) is 0.173. The number of carbonyl (C=O) groups is 1. The first kappa shape index (κ1) is 30.2. The molecule has 6 rings (SSSR count). The number of aromatic nitrogens is 3. The standard InChI is InChI=1S/C30H26ClF5N4O4/c1-15-27-16(8-20(30(34,35)36)28(38-27)44-14-18-9-23(33)21(31)11-22(18)32)4-6-39(15)13-26-37-24-3-2-17(29(41)42)10-25(24)40(26)12-19-5-7-43-19/h2-3,8-11,15,19H,4-7,12-14H2,1H3,(H,41,42)/t15-,19-/m0/s1. The lowest BCUT2D eigenvalue weighted by atomic mass is 9.97. The molecule has 44 heavy (non-hydrogen) atoms. The number of carboxylic acid groups (broad SMARTS) is 1. The van der Waals surface area contributed by atoms with Crippen LogP contribution in [0.3, 0.4) is 0 Å². The average molecular weight is 637 g/mol. The van der Waals surface area contributed by atoms with Crippen LogP contribution in [0.5, 0.6) is 5.88 Å². The number of ether oxygens (including phenoxy) is 2. The van der Waals surface area contributed by atoms with Crippen LogP contribution in [0.15, 0.2) is 36.4 Å². The number of fused-ring (bicyclic) bond motifs is 2. The Morgan fingerprint density at radius 1 is 1.16 bits per heavy atom. The molecule has 0 amide bonds. The lowest BCUT2D eigenvalue weighted by molar-refractivity contribution is -0.139. The molecule has 232 valence electrons. The van der Waals surface area contributed by atoms with E-state index in [1.807, 2.05) is 9.47 Å². The molecule has 0 unspecified atom stereocenters. The zero-order chi connectivity index (χ0) is 31.3. The summed E-state index contributed by atoms with van der Waals surface area (Å²) in [5.41, 5.74) is 0.731. The molecule has 2 aliphatic heterocycles. The van der Waals surface area contributed by atoms with E-state index in [0.29, 0.717) is 54.4 Å². The third-order valence-corrected chi connectivity index (χ3v) is 8.36. The van der Waals surface area contributed by atoms with Gasteiger partial charge in [-0.05, 0) is 61.7 Å². The molecule has 14 heteroatoms. The van der Waals surface area contributed by atoms with Crippen LogP contribution >= 0.6 is 11.6 Å². The molecule has 1 saturated heterocycles. The van der Waals surface area contributed by atoms with E-state index in [1.54, 1.807) is 19.1 Å². The van der Waals surface area contributed by atoms with Gasteiger partial charge in [-0.15, -0.1) is 0 Å². The van der Waals surface area contributed by atoms with Crippen LogP contribution in [0.25, 0.3) is 11.0 Å². The molecule has 1 fully saturated rings. The van der Waals surface area contributed by atoms with Crippen molar-refractivity contribution in [2.24, 2.45) is 0 Å². The zero-order valence-corrected chi connectivity index (χ0v) is 24.1. The van der Waals surface area contributed by atoms with Gasteiger partial charge in [-0.1, -0.05) is 11.6 Å². The Hall–Kier alpha value is -3.81. The summed E-state index contributed by atoms with van der Waals surface area (Å²) in [6.45, 7) is 2.94. The van der Waals surface area contributed by atoms with Gasteiger partial charge in [0.1, 0.15) is 29.6 Å². The summed E-state index contributed by atoms with van der Waals surface area (Å²) in [5, 5.41) is 9.05. The molecular formula is C30H26ClF5N4O4. The van der Waals surface area contributed by atoms with Crippen LogP contribution in [0.4, 0.5) is 22.0 Å². The maximum atomic E-state index is 14.3. The number of rotatable bonds is 8. The summed E-state index contributed by atoms with van der Waals surface area (Å²) in [4.78, 5) is 22.7. The normalized spacial score (nSPS) is 18.7. The highest BCUT2D eigenvalue weighted by Gasteiger charge is 2.38. The number of alkyl halides is 3. The predicted octanol–water partition coefficient (Wildman–Crippen LogP) is 6.57. The van der Waals surface area contributed by atoms with E-state index in [-0.39, 0.29) is 23.7 Å². The maximum absolute atomic E-state index is 14.3. The molecule has 0 spiro atoms. The zero-order valence-electron chi connectivity index (χ0n) is 23.3. The first-order valence-corrected chi connectivity index (χ1v) is 14.2. The smallest absolute Gasteiger partial charge is 0.421 e. The molecule has 2 aromatic heterocycles. The van der Waals surface area contributed by atoms with Gasteiger partial charge in [-0.25, -0.2) is 23.5 Å². The van der Waals surface area contributed by atoms with Crippen LogP contribution in [-0.2, 0) is 37.0 Å². The van der Waals surface area contributed by atoms with Crippen LogP contribution < -0.4 is 4.74 Å². The van der Waals surface area contributed by atoms with Gasteiger partial charge < -0.3 is 19.1 Å². The van der Waals surface area contributed by atoms with E-state index in [9.17, 15) is 31.9 Å². The van der Waals surface area contributed by atoms with E-state index in [4.69, 9.17) is 26.1 Å². The highest BCUT2D eigenvalue weighted by atomic mass is 35.5. The first-order chi connectivity index (χ1) is 20.9. The van der Waals surface area contributed by atoms with Crippen molar-refractivity contribution in [1.82, 2.24) is 19.4 Å². The van der Waals surface area contributed by atoms with E-state index in [1.165, 1.54) is 6.07 Å². The summed E-state index contributed by atoms with van der Waals surface area (Å²) in [7, 11) is 0. The van der Waals surface area contributed by atoms with Gasteiger partial charge in [0.25, 0.3) is 0 Å². The van der Waals surface area contributed by atoms with E-state index < -0.39 is 52.9 Å². The molecule has 4 aromatic rings. The second-order valence-electron chi connectivity index (χ2n) is 10.9. The highest BCUT2D eigenvalue weighted by Crippen LogP contribution is 2.40. The van der Waals surface area contributed by atoms with E-state index in [2.05, 4.69) is 4.98 Å². The van der Waals surface area contributed by atoms with Crippen molar-refractivity contribution in [1.29, 1.82) is 0 Å². The fraction of sp³-hybridized carbons (Fsp3) is 0.367. The fourth-order valence-corrected chi connectivity index (χ4v) is 5.69. The van der Waals surface area contributed by atoms with Crippen LogP contribution in [0.2, 0.25) is 5.02 Å². The molecule has 0 saturated carbocycles. The first-order valence-electron chi connectivity index (χ1n) is 13.8. The van der Waals surface area contributed by atoms with Gasteiger partial charge in [0.15, 0.2) is 0 Å². The maximum Gasteiger partial charge on any atom is 0.421 e. The Morgan fingerprint density at radius 3 is 2.61 bits per heavy atom. The average Bonchev–Trinajstić information content (AvgIpc) is 3.28. The predicted molar refractivity (Wildman–Crippen MR) is 149 cm³/mol. The lowest BCUT2D eigenvalue weighted by Gasteiger charge is -2.35. The summed E-state index contributed by atoms with van der Waals surface area (Å²) >= 11 is 5.59. The summed E-state index contributed by atoms with van der Waals surface area (Å²) in [5.74, 6) is -3.01. The Labute approximate surface area is 253 Å². The van der Waals surface area contributed by atoms with Crippen molar-refractivity contribution in [3.05, 3.63) is 86.8 Å². The SMILES string of the molecule is C[C@H]1c2nc(OCc3cc(F)c(Cl)cc3F)c(C(F)(F)F)cc2CCN1Cc1nc2ccc(C(=O)O)cc2n1C[C@@H]1CCO1. The number of hydrogen-bond acceptors (Lipinski definition) is 6. The second kappa shape index (κ2) is 11.6. The van der Waals surface area contributed by atoms with Gasteiger partial charge in [0.05, 0.1) is 52.5 Å². The van der Waals surface area contributed by atoms with E-state index in [0.717, 1.165) is 24.6 Å². The number of benzene rings is 2. The molecule has 1 N–H and O–H groups in total. The summed E-state index contributed by atoms with van der Waals surface area (Å²) in [6, 6.07) is 6.74. The van der Waals surface area contributed by atoms with Crippen molar-refractivity contribution in [3.8, 4) is 5.88 Å². The highest BCUT2D eigenvalue weighted by molar-refractivity contribution is 6.30. The van der Waals surface area contributed by atoms with Crippen molar-refractivity contribution in [3.63, 3.8) is 0 Å². The molecule has 0 bridgehead atoms. The van der Waals surface area contributed by atoms with Gasteiger partial charge in [-0.3, -0.25) is 4.90 Å². The van der Waals surface area contributed by atoms with E-state index >= 15 is 0 Å². The largest absolute Gasteiger partial charge is 0.478 e.